The third-order valence-electron chi connectivity index (χ3n) is 2.19. The van der Waals surface area contributed by atoms with Gasteiger partial charge in [0.25, 0.3) is 0 Å². The molecule has 2 nitrogen and oxygen atoms in total. The second-order valence-corrected chi connectivity index (χ2v) is 3.45. The van der Waals surface area contributed by atoms with E-state index in [2.05, 4.69) is 11.9 Å². The van der Waals surface area contributed by atoms with Crippen LogP contribution in [0.4, 0.5) is 0 Å². The fourth-order valence-corrected chi connectivity index (χ4v) is 1.18. The highest BCUT2D eigenvalue weighted by atomic mass is 16.5. The quantitative estimate of drug-likeness (QED) is 0.625. The van der Waals surface area contributed by atoms with E-state index in [0.29, 0.717) is 6.10 Å². The lowest BCUT2D eigenvalue weighted by Gasteiger charge is -2.01. The molecule has 0 atom stereocenters. The van der Waals surface area contributed by atoms with Crippen LogP contribution < -0.4 is 0 Å². The Morgan fingerprint density at radius 1 is 1.08 bits per heavy atom. The van der Waals surface area contributed by atoms with Crippen molar-refractivity contribution in [2.75, 3.05) is 27.2 Å². The molecule has 2 rings (SSSR count). The first-order valence-corrected chi connectivity index (χ1v) is 5.54. The molecular weight excluding hydrogens is 162 g/mol. The van der Waals surface area contributed by atoms with Crippen LogP contribution in [0.1, 0.15) is 39.5 Å². The number of ether oxygens (including phenoxy) is 1. The van der Waals surface area contributed by atoms with Crippen molar-refractivity contribution in [1.29, 1.82) is 0 Å². The summed E-state index contributed by atoms with van der Waals surface area (Å²) in [6, 6.07) is 0. The maximum absolute atomic E-state index is 4.86. The van der Waals surface area contributed by atoms with E-state index in [0.717, 1.165) is 0 Å². The van der Waals surface area contributed by atoms with Crippen molar-refractivity contribution in [1.82, 2.24) is 4.90 Å². The first kappa shape index (κ1) is 12.9. The molecule has 0 aromatic carbocycles. The summed E-state index contributed by atoms with van der Waals surface area (Å²) in [5.41, 5.74) is 0. The van der Waals surface area contributed by atoms with E-state index < -0.39 is 0 Å². The van der Waals surface area contributed by atoms with Gasteiger partial charge in [-0.15, -0.1) is 0 Å². The summed E-state index contributed by atoms with van der Waals surface area (Å²) in [7, 11) is 3.94. The van der Waals surface area contributed by atoms with Crippen molar-refractivity contribution >= 4 is 0 Å². The van der Waals surface area contributed by atoms with Gasteiger partial charge in [0, 0.05) is 7.11 Å². The topological polar surface area (TPSA) is 12.5 Å². The van der Waals surface area contributed by atoms with Crippen molar-refractivity contribution in [3.63, 3.8) is 0 Å². The van der Waals surface area contributed by atoms with Gasteiger partial charge in [-0.2, -0.15) is 0 Å². The predicted octanol–water partition coefficient (Wildman–Crippen LogP) is 2.53. The molecule has 80 valence electrons. The first-order chi connectivity index (χ1) is 6.33. The average molecular weight is 187 g/mol. The SMILES string of the molecule is CC.CN1CCCC1.COC1CC1. The Bertz CT molecular complexity index is 96.3. The zero-order chi connectivity index (χ0) is 10.1. The minimum Gasteiger partial charge on any atom is -0.381 e. The molecule has 0 radical (unpaired) electrons. The van der Waals surface area contributed by atoms with E-state index in [9.17, 15) is 0 Å². The molecule has 2 heteroatoms. The number of likely N-dealkylation sites (tertiary alicyclic amines) is 1. The number of methoxy groups -OCH3 is 1. The minimum atomic E-state index is 0.634. The molecule has 0 spiro atoms. The van der Waals surface area contributed by atoms with Crippen LogP contribution in [0.2, 0.25) is 0 Å². The highest BCUT2D eigenvalue weighted by Crippen LogP contribution is 2.21. The maximum Gasteiger partial charge on any atom is 0.0573 e. The smallest absolute Gasteiger partial charge is 0.0573 e. The molecule has 2 aliphatic rings. The zero-order valence-corrected chi connectivity index (χ0v) is 9.68. The first-order valence-electron chi connectivity index (χ1n) is 5.54. The van der Waals surface area contributed by atoms with Crippen LogP contribution in [0, 0.1) is 0 Å². The van der Waals surface area contributed by atoms with Crippen LogP contribution in [0.25, 0.3) is 0 Å². The Kier molecular flexibility index (Phi) is 8.46. The number of hydrogen-bond acceptors (Lipinski definition) is 2. The van der Waals surface area contributed by atoms with E-state index >= 15 is 0 Å². The largest absolute Gasteiger partial charge is 0.381 e. The number of rotatable bonds is 1. The molecule has 0 aromatic rings. The summed E-state index contributed by atoms with van der Waals surface area (Å²) >= 11 is 0. The molecule has 13 heavy (non-hydrogen) atoms. The molecule has 1 saturated heterocycles. The normalized spacial score (nSPS) is 21.2. The van der Waals surface area contributed by atoms with E-state index in [1.54, 1.807) is 7.11 Å². The Balaban J connectivity index is 0.000000189. The summed E-state index contributed by atoms with van der Waals surface area (Å²) in [5.74, 6) is 0. The molecule has 1 aliphatic carbocycles. The fourth-order valence-electron chi connectivity index (χ4n) is 1.18. The average Bonchev–Trinajstić information content (AvgIpc) is 2.92. The van der Waals surface area contributed by atoms with Gasteiger partial charge in [0.15, 0.2) is 0 Å². The monoisotopic (exact) mass is 187 g/mol. The third-order valence-corrected chi connectivity index (χ3v) is 2.19. The van der Waals surface area contributed by atoms with Gasteiger partial charge in [0.05, 0.1) is 6.10 Å². The van der Waals surface area contributed by atoms with Crippen molar-refractivity contribution < 1.29 is 4.74 Å². The second kappa shape index (κ2) is 8.52. The van der Waals surface area contributed by atoms with Gasteiger partial charge in [-0.05, 0) is 45.8 Å². The summed E-state index contributed by atoms with van der Waals surface area (Å²) in [4.78, 5) is 2.36. The number of nitrogens with zero attached hydrogens (tertiary/aromatic N) is 1. The lowest BCUT2D eigenvalue weighted by molar-refractivity contribution is 0.183. The molecule has 0 aromatic heterocycles. The third kappa shape index (κ3) is 8.26. The van der Waals surface area contributed by atoms with E-state index in [1.165, 1.54) is 38.8 Å². The highest BCUT2D eigenvalue weighted by molar-refractivity contribution is 4.71. The Labute approximate surface area is 83.3 Å². The Morgan fingerprint density at radius 3 is 1.62 bits per heavy atom. The lowest BCUT2D eigenvalue weighted by Crippen LogP contribution is -2.10. The van der Waals surface area contributed by atoms with E-state index in [4.69, 9.17) is 4.74 Å². The summed E-state index contributed by atoms with van der Waals surface area (Å²) in [6.07, 6.45) is 6.04. The molecule has 2 fully saturated rings. The van der Waals surface area contributed by atoms with Crippen molar-refractivity contribution in [3.05, 3.63) is 0 Å². The molecule has 1 aliphatic heterocycles. The van der Waals surface area contributed by atoms with Gasteiger partial charge in [-0.3, -0.25) is 0 Å². The molecule has 0 bridgehead atoms. The van der Waals surface area contributed by atoms with Gasteiger partial charge >= 0.3 is 0 Å². The van der Waals surface area contributed by atoms with Crippen LogP contribution in [0.15, 0.2) is 0 Å². The minimum absolute atomic E-state index is 0.634. The molecular formula is C11H25NO. The van der Waals surface area contributed by atoms with Gasteiger partial charge in [0.1, 0.15) is 0 Å². The van der Waals surface area contributed by atoms with E-state index in [-0.39, 0.29) is 0 Å². The van der Waals surface area contributed by atoms with Crippen molar-refractivity contribution in [2.24, 2.45) is 0 Å². The number of hydrogen-bond donors (Lipinski definition) is 0. The lowest BCUT2D eigenvalue weighted by atomic mass is 10.4. The predicted molar refractivity (Wildman–Crippen MR) is 58.1 cm³/mol. The van der Waals surface area contributed by atoms with Crippen LogP contribution in [0.3, 0.4) is 0 Å². The highest BCUT2D eigenvalue weighted by Gasteiger charge is 2.19. The summed E-state index contributed by atoms with van der Waals surface area (Å²) in [5, 5.41) is 0. The second-order valence-electron chi connectivity index (χ2n) is 3.45. The van der Waals surface area contributed by atoms with Crippen LogP contribution in [-0.2, 0) is 4.74 Å². The molecule has 0 amide bonds. The Hall–Kier alpha value is -0.0800. The summed E-state index contributed by atoms with van der Waals surface area (Å²) in [6.45, 7) is 6.64. The van der Waals surface area contributed by atoms with Gasteiger partial charge in [0.2, 0.25) is 0 Å². The van der Waals surface area contributed by atoms with E-state index in [1.807, 2.05) is 13.8 Å². The standard InChI is InChI=1S/C5H11N.C4H8O.C2H6/c1-6-4-2-3-5-6;1-5-4-2-3-4;1-2/h2-5H2,1H3;4H,2-3H2,1H3;1-2H3. The van der Waals surface area contributed by atoms with Crippen molar-refractivity contribution in [2.45, 2.75) is 45.6 Å². The van der Waals surface area contributed by atoms with Gasteiger partial charge < -0.3 is 9.64 Å². The molecule has 1 saturated carbocycles. The molecule has 1 heterocycles. The van der Waals surface area contributed by atoms with Crippen LogP contribution in [-0.4, -0.2) is 38.3 Å². The Morgan fingerprint density at radius 2 is 1.54 bits per heavy atom. The van der Waals surface area contributed by atoms with Crippen LogP contribution in [0.5, 0.6) is 0 Å². The zero-order valence-electron chi connectivity index (χ0n) is 9.68. The fraction of sp³-hybridized carbons (Fsp3) is 1.00. The molecule has 0 N–H and O–H groups in total. The van der Waals surface area contributed by atoms with Gasteiger partial charge in [-0.1, -0.05) is 13.8 Å². The molecule has 0 unspecified atom stereocenters. The van der Waals surface area contributed by atoms with Gasteiger partial charge in [-0.25, -0.2) is 0 Å². The summed E-state index contributed by atoms with van der Waals surface area (Å²) < 4.78 is 4.86. The van der Waals surface area contributed by atoms with Crippen molar-refractivity contribution in [3.8, 4) is 0 Å². The van der Waals surface area contributed by atoms with Crippen LogP contribution >= 0.6 is 0 Å². The maximum atomic E-state index is 4.86.